The highest BCUT2D eigenvalue weighted by atomic mass is 16.5. The minimum absolute atomic E-state index is 0.0320. The van der Waals surface area contributed by atoms with Gasteiger partial charge >= 0.3 is 6.03 Å². The van der Waals surface area contributed by atoms with Crippen molar-refractivity contribution in [2.45, 2.75) is 27.2 Å². The highest BCUT2D eigenvalue weighted by Crippen LogP contribution is 2.19. The van der Waals surface area contributed by atoms with Crippen molar-refractivity contribution in [1.82, 2.24) is 20.0 Å². The second kappa shape index (κ2) is 8.67. The monoisotopic (exact) mass is 340 g/mol. The van der Waals surface area contributed by atoms with Gasteiger partial charge in [-0.2, -0.15) is 0 Å². The quantitative estimate of drug-likeness (QED) is 0.814. The van der Waals surface area contributed by atoms with Crippen LogP contribution in [0, 0.1) is 5.41 Å². The number of rotatable bonds is 4. The molecule has 0 aromatic heterocycles. The van der Waals surface area contributed by atoms with Crippen LogP contribution in [0.2, 0.25) is 0 Å². The first-order chi connectivity index (χ1) is 11.3. The first-order valence-electron chi connectivity index (χ1n) is 8.96. The Bertz CT molecular complexity index is 422. The molecule has 2 heterocycles. The molecule has 0 unspecified atom stereocenters. The number of urea groups is 1. The van der Waals surface area contributed by atoms with Crippen molar-refractivity contribution in [3.05, 3.63) is 0 Å². The fourth-order valence-corrected chi connectivity index (χ4v) is 2.86. The Morgan fingerprint density at radius 1 is 0.958 bits per heavy atom. The molecule has 3 amide bonds. The van der Waals surface area contributed by atoms with Gasteiger partial charge in [0.1, 0.15) is 0 Å². The molecule has 0 aromatic carbocycles. The minimum atomic E-state index is -0.132. The summed E-state index contributed by atoms with van der Waals surface area (Å²) in [6.07, 6.45) is 1.16. The molecule has 0 aromatic rings. The number of carbonyl (C=O) groups is 2. The Kier molecular flexibility index (Phi) is 6.86. The van der Waals surface area contributed by atoms with Gasteiger partial charge in [-0.05, 0) is 18.4 Å². The van der Waals surface area contributed by atoms with Crippen LogP contribution in [0.3, 0.4) is 0 Å². The molecule has 138 valence electrons. The Hall–Kier alpha value is -1.34. The summed E-state index contributed by atoms with van der Waals surface area (Å²) in [7, 11) is 0. The van der Waals surface area contributed by atoms with Gasteiger partial charge in [0, 0.05) is 39.3 Å². The molecule has 2 aliphatic heterocycles. The number of morpholine rings is 1. The van der Waals surface area contributed by atoms with Gasteiger partial charge in [-0.3, -0.25) is 9.69 Å². The van der Waals surface area contributed by atoms with E-state index in [2.05, 4.69) is 31.0 Å². The average Bonchev–Trinajstić information content (AvgIpc) is 2.58. The van der Waals surface area contributed by atoms with Gasteiger partial charge < -0.3 is 19.9 Å². The lowest BCUT2D eigenvalue weighted by Gasteiger charge is -2.36. The van der Waals surface area contributed by atoms with Crippen LogP contribution in [0.15, 0.2) is 0 Å². The average molecular weight is 340 g/mol. The molecule has 24 heavy (non-hydrogen) atoms. The molecular weight excluding hydrogens is 308 g/mol. The van der Waals surface area contributed by atoms with Gasteiger partial charge in [0.05, 0.1) is 19.8 Å². The maximum atomic E-state index is 12.2. The van der Waals surface area contributed by atoms with E-state index in [0.29, 0.717) is 31.7 Å². The summed E-state index contributed by atoms with van der Waals surface area (Å²) in [5.74, 6) is -0.0320. The zero-order valence-electron chi connectivity index (χ0n) is 15.3. The zero-order chi connectivity index (χ0) is 17.6. The largest absolute Gasteiger partial charge is 0.378 e. The standard InChI is InChI=1S/C17H32N4O3/c1-17(2,3)4-5-19-6-8-21(9-7-19)16(23)18-14-15(22)20-10-12-24-13-11-20/h4-14H2,1-3H3,(H,18,23). The number of amides is 3. The van der Waals surface area contributed by atoms with Crippen LogP contribution in [0.4, 0.5) is 4.79 Å². The third-order valence-corrected chi connectivity index (χ3v) is 4.59. The molecule has 0 aliphatic carbocycles. The van der Waals surface area contributed by atoms with Crippen molar-refractivity contribution in [2.24, 2.45) is 5.41 Å². The van der Waals surface area contributed by atoms with Gasteiger partial charge in [-0.1, -0.05) is 20.8 Å². The van der Waals surface area contributed by atoms with Crippen LogP contribution in [-0.2, 0) is 9.53 Å². The molecule has 2 aliphatic rings. The summed E-state index contributed by atoms with van der Waals surface area (Å²) in [6, 6.07) is -0.132. The van der Waals surface area contributed by atoms with E-state index in [0.717, 1.165) is 39.1 Å². The normalized spacial score (nSPS) is 20.1. The second-order valence-electron chi connectivity index (χ2n) is 7.79. The van der Waals surface area contributed by atoms with E-state index < -0.39 is 0 Å². The Labute approximate surface area is 145 Å². The van der Waals surface area contributed by atoms with Crippen LogP contribution in [-0.4, -0.2) is 92.2 Å². The Morgan fingerprint density at radius 2 is 1.58 bits per heavy atom. The van der Waals surface area contributed by atoms with E-state index in [9.17, 15) is 9.59 Å². The van der Waals surface area contributed by atoms with Gasteiger partial charge in [-0.25, -0.2) is 4.79 Å². The molecule has 7 heteroatoms. The summed E-state index contributed by atoms with van der Waals surface area (Å²) in [5.41, 5.74) is 0.342. The third-order valence-electron chi connectivity index (χ3n) is 4.59. The molecule has 0 saturated carbocycles. The number of carbonyl (C=O) groups excluding carboxylic acids is 2. The molecule has 1 N–H and O–H groups in total. The van der Waals surface area contributed by atoms with E-state index in [1.54, 1.807) is 9.80 Å². The van der Waals surface area contributed by atoms with E-state index in [1.807, 2.05) is 0 Å². The molecular formula is C17H32N4O3. The fourth-order valence-electron chi connectivity index (χ4n) is 2.86. The molecule has 2 saturated heterocycles. The van der Waals surface area contributed by atoms with Crippen molar-refractivity contribution in [2.75, 3.05) is 65.6 Å². The van der Waals surface area contributed by atoms with Gasteiger partial charge in [0.2, 0.25) is 5.91 Å². The van der Waals surface area contributed by atoms with Crippen molar-refractivity contribution >= 4 is 11.9 Å². The van der Waals surface area contributed by atoms with E-state index in [4.69, 9.17) is 4.74 Å². The summed E-state index contributed by atoms with van der Waals surface area (Å²) < 4.78 is 5.23. The van der Waals surface area contributed by atoms with Gasteiger partial charge in [-0.15, -0.1) is 0 Å². The number of nitrogens with zero attached hydrogens (tertiary/aromatic N) is 3. The zero-order valence-corrected chi connectivity index (χ0v) is 15.3. The number of hydrogen-bond acceptors (Lipinski definition) is 4. The summed E-state index contributed by atoms with van der Waals surface area (Å²) in [6.45, 7) is 13.5. The summed E-state index contributed by atoms with van der Waals surface area (Å²) in [4.78, 5) is 30.2. The molecule has 0 radical (unpaired) electrons. The van der Waals surface area contributed by atoms with E-state index in [1.165, 1.54) is 0 Å². The molecule has 2 rings (SSSR count). The number of piperazine rings is 1. The van der Waals surface area contributed by atoms with Crippen LogP contribution < -0.4 is 5.32 Å². The summed E-state index contributed by atoms with van der Waals surface area (Å²) >= 11 is 0. The Morgan fingerprint density at radius 3 is 2.17 bits per heavy atom. The number of ether oxygens (including phenoxy) is 1. The minimum Gasteiger partial charge on any atom is -0.378 e. The third kappa shape index (κ3) is 6.28. The van der Waals surface area contributed by atoms with Crippen LogP contribution in [0.5, 0.6) is 0 Å². The fraction of sp³-hybridized carbons (Fsp3) is 0.882. The lowest BCUT2D eigenvalue weighted by Crippen LogP contribution is -2.53. The molecule has 0 bridgehead atoms. The lowest BCUT2D eigenvalue weighted by atomic mass is 9.92. The number of hydrogen-bond donors (Lipinski definition) is 1. The van der Waals surface area contributed by atoms with Crippen LogP contribution in [0.1, 0.15) is 27.2 Å². The highest BCUT2D eigenvalue weighted by molar-refractivity contribution is 5.84. The predicted octanol–water partition coefficient (Wildman–Crippen LogP) is 0.609. The second-order valence-corrected chi connectivity index (χ2v) is 7.79. The van der Waals surface area contributed by atoms with Crippen LogP contribution >= 0.6 is 0 Å². The van der Waals surface area contributed by atoms with Crippen molar-refractivity contribution in [3.8, 4) is 0 Å². The van der Waals surface area contributed by atoms with E-state index >= 15 is 0 Å². The maximum Gasteiger partial charge on any atom is 0.317 e. The maximum absolute atomic E-state index is 12.2. The van der Waals surface area contributed by atoms with Crippen molar-refractivity contribution < 1.29 is 14.3 Å². The van der Waals surface area contributed by atoms with Crippen molar-refractivity contribution in [3.63, 3.8) is 0 Å². The topological polar surface area (TPSA) is 65.1 Å². The molecule has 0 atom stereocenters. The predicted molar refractivity (Wildman–Crippen MR) is 92.9 cm³/mol. The highest BCUT2D eigenvalue weighted by Gasteiger charge is 2.23. The Balaban J connectivity index is 1.64. The van der Waals surface area contributed by atoms with Gasteiger partial charge in [0.25, 0.3) is 0 Å². The number of nitrogens with one attached hydrogen (secondary N) is 1. The van der Waals surface area contributed by atoms with Crippen molar-refractivity contribution in [1.29, 1.82) is 0 Å². The first-order valence-corrected chi connectivity index (χ1v) is 8.96. The van der Waals surface area contributed by atoms with Crippen LogP contribution in [0.25, 0.3) is 0 Å². The first kappa shape index (κ1) is 19.0. The smallest absolute Gasteiger partial charge is 0.317 e. The molecule has 7 nitrogen and oxygen atoms in total. The molecule has 2 fully saturated rings. The lowest BCUT2D eigenvalue weighted by molar-refractivity contribution is -0.134. The van der Waals surface area contributed by atoms with E-state index in [-0.39, 0.29) is 18.5 Å². The molecule has 0 spiro atoms. The summed E-state index contributed by atoms with van der Waals surface area (Å²) in [5, 5.41) is 2.76. The SMILES string of the molecule is CC(C)(C)CCN1CCN(C(=O)NCC(=O)N2CCOCC2)CC1. The van der Waals surface area contributed by atoms with Gasteiger partial charge in [0.15, 0.2) is 0 Å².